The first-order chi connectivity index (χ1) is 15.3. The Labute approximate surface area is 192 Å². The predicted octanol–water partition coefficient (Wildman–Crippen LogP) is 5.83. The molecule has 0 saturated carbocycles. The summed E-state index contributed by atoms with van der Waals surface area (Å²) < 4.78 is 7.87. The van der Waals surface area contributed by atoms with E-state index in [0.29, 0.717) is 4.91 Å². The first-order valence-electron chi connectivity index (χ1n) is 10.5. The number of carbonyl (C=O) groups excluding carboxylic acids is 2. The van der Waals surface area contributed by atoms with E-state index in [-0.39, 0.29) is 24.3 Å². The molecular weight excluding hydrogens is 420 g/mol. The van der Waals surface area contributed by atoms with Gasteiger partial charge in [-0.2, -0.15) is 0 Å². The van der Waals surface area contributed by atoms with Gasteiger partial charge >= 0.3 is 0 Å². The van der Waals surface area contributed by atoms with Crippen LogP contribution in [0, 0.1) is 27.7 Å². The van der Waals surface area contributed by atoms with Gasteiger partial charge in [0.1, 0.15) is 12.4 Å². The zero-order chi connectivity index (χ0) is 22.8. The van der Waals surface area contributed by atoms with Gasteiger partial charge in [0.05, 0.1) is 11.4 Å². The number of aromatic nitrogens is 1. The molecule has 1 saturated heterocycles. The number of nitrogens with zero attached hydrogens (tertiary/aromatic N) is 2. The number of ether oxygens (including phenoxy) is 1. The zero-order valence-corrected chi connectivity index (χ0v) is 19.5. The van der Waals surface area contributed by atoms with Gasteiger partial charge in [-0.25, -0.2) is 0 Å². The number of amides is 2. The van der Waals surface area contributed by atoms with Crippen LogP contribution in [0.1, 0.15) is 28.1 Å². The smallest absolute Gasteiger partial charge is 0.293 e. The van der Waals surface area contributed by atoms with E-state index in [1.807, 2.05) is 57.2 Å². The summed E-state index contributed by atoms with van der Waals surface area (Å²) in [6, 6.07) is 18.1. The van der Waals surface area contributed by atoms with E-state index in [1.165, 1.54) is 10.5 Å². The van der Waals surface area contributed by atoms with Crippen LogP contribution in [0.2, 0.25) is 0 Å². The summed E-state index contributed by atoms with van der Waals surface area (Å²) in [5, 5.41) is -0.263. The van der Waals surface area contributed by atoms with Gasteiger partial charge in [0.25, 0.3) is 11.1 Å². The maximum Gasteiger partial charge on any atom is 0.293 e. The molecule has 1 aliphatic heterocycles. The SMILES string of the molecule is Cc1ccc(-n2c(C)cc(/C=C3\SC(=O)N(CCOc4cccc(C)c4)C3=O)c2C)cc1. The van der Waals surface area contributed by atoms with Crippen molar-refractivity contribution in [2.24, 2.45) is 0 Å². The number of hydrogen-bond acceptors (Lipinski definition) is 4. The van der Waals surface area contributed by atoms with Gasteiger partial charge in [-0.1, -0.05) is 29.8 Å². The van der Waals surface area contributed by atoms with E-state index in [9.17, 15) is 9.59 Å². The second-order valence-electron chi connectivity index (χ2n) is 8.00. The molecular formula is C26H26N2O3S. The molecule has 3 aromatic rings. The lowest BCUT2D eigenvalue weighted by atomic mass is 10.2. The molecule has 0 radical (unpaired) electrons. The van der Waals surface area contributed by atoms with Gasteiger partial charge in [-0.05, 0) is 87.0 Å². The fourth-order valence-corrected chi connectivity index (χ4v) is 4.67. The predicted molar refractivity (Wildman–Crippen MR) is 129 cm³/mol. The summed E-state index contributed by atoms with van der Waals surface area (Å²) in [4.78, 5) is 27.0. The van der Waals surface area contributed by atoms with Crippen molar-refractivity contribution in [3.05, 3.63) is 87.6 Å². The summed E-state index contributed by atoms with van der Waals surface area (Å²) in [6.07, 6.45) is 1.82. The topological polar surface area (TPSA) is 51.5 Å². The normalized spacial score (nSPS) is 15.1. The molecule has 2 amide bonds. The van der Waals surface area contributed by atoms with Crippen LogP contribution in [0.4, 0.5) is 4.79 Å². The van der Waals surface area contributed by atoms with Crippen LogP contribution in [0.5, 0.6) is 5.75 Å². The monoisotopic (exact) mass is 446 g/mol. The van der Waals surface area contributed by atoms with Gasteiger partial charge in [0, 0.05) is 17.1 Å². The third kappa shape index (κ3) is 4.50. The maximum atomic E-state index is 12.9. The largest absolute Gasteiger partial charge is 0.492 e. The molecule has 0 spiro atoms. The fourth-order valence-electron chi connectivity index (χ4n) is 3.82. The fraction of sp³-hybridized carbons (Fsp3) is 0.231. The van der Waals surface area contributed by atoms with Crippen LogP contribution in [-0.2, 0) is 4.79 Å². The van der Waals surface area contributed by atoms with E-state index in [2.05, 4.69) is 35.8 Å². The first-order valence-corrected chi connectivity index (χ1v) is 11.4. The number of aryl methyl sites for hydroxylation is 3. The van der Waals surface area contributed by atoms with Crippen molar-refractivity contribution in [3.8, 4) is 11.4 Å². The highest BCUT2D eigenvalue weighted by Gasteiger charge is 2.35. The minimum atomic E-state index is -0.270. The quantitative estimate of drug-likeness (QED) is 0.447. The van der Waals surface area contributed by atoms with Crippen LogP contribution in [-0.4, -0.2) is 33.8 Å². The highest BCUT2D eigenvalue weighted by atomic mass is 32.2. The van der Waals surface area contributed by atoms with Crippen molar-refractivity contribution in [1.82, 2.24) is 9.47 Å². The third-order valence-electron chi connectivity index (χ3n) is 5.50. The Morgan fingerprint density at radius 2 is 1.69 bits per heavy atom. The molecule has 1 aromatic heterocycles. The average Bonchev–Trinajstić information content (AvgIpc) is 3.18. The number of thioether (sulfide) groups is 1. The van der Waals surface area contributed by atoms with Crippen molar-refractivity contribution in [2.45, 2.75) is 27.7 Å². The summed E-state index contributed by atoms with van der Waals surface area (Å²) in [5.41, 5.74) is 6.41. The Bertz CT molecular complexity index is 1210. The Kier molecular flexibility index (Phi) is 6.24. The lowest BCUT2D eigenvalue weighted by Gasteiger charge is -2.13. The molecule has 0 bridgehead atoms. The van der Waals surface area contributed by atoms with Gasteiger partial charge in [-0.15, -0.1) is 0 Å². The highest BCUT2D eigenvalue weighted by Crippen LogP contribution is 2.33. The van der Waals surface area contributed by atoms with Crippen LogP contribution in [0.15, 0.2) is 59.5 Å². The Hall–Kier alpha value is -3.25. The number of carbonyl (C=O) groups is 2. The Balaban J connectivity index is 1.49. The van der Waals surface area contributed by atoms with Gasteiger partial charge in [0.2, 0.25) is 0 Å². The number of hydrogen-bond donors (Lipinski definition) is 0. The van der Waals surface area contributed by atoms with Crippen LogP contribution >= 0.6 is 11.8 Å². The molecule has 164 valence electrons. The van der Waals surface area contributed by atoms with Gasteiger partial charge in [0.15, 0.2) is 0 Å². The summed E-state index contributed by atoms with van der Waals surface area (Å²) in [5.74, 6) is 0.462. The molecule has 2 heterocycles. The van der Waals surface area contributed by atoms with Crippen molar-refractivity contribution in [3.63, 3.8) is 0 Å². The van der Waals surface area contributed by atoms with E-state index in [0.717, 1.165) is 45.7 Å². The molecule has 6 heteroatoms. The van der Waals surface area contributed by atoms with Crippen molar-refractivity contribution < 1.29 is 14.3 Å². The minimum absolute atomic E-state index is 0.221. The highest BCUT2D eigenvalue weighted by molar-refractivity contribution is 8.18. The number of rotatable bonds is 6. The van der Waals surface area contributed by atoms with Gasteiger partial charge in [-0.3, -0.25) is 14.5 Å². The number of benzene rings is 2. The van der Waals surface area contributed by atoms with E-state index in [1.54, 1.807) is 0 Å². The van der Waals surface area contributed by atoms with Crippen molar-refractivity contribution >= 4 is 29.0 Å². The van der Waals surface area contributed by atoms with E-state index < -0.39 is 0 Å². The molecule has 32 heavy (non-hydrogen) atoms. The second-order valence-corrected chi connectivity index (χ2v) is 8.99. The molecule has 0 aliphatic carbocycles. The summed E-state index contributed by atoms with van der Waals surface area (Å²) in [7, 11) is 0. The van der Waals surface area contributed by atoms with Crippen LogP contribution < -0.4 is 4.74 Å². The molecule has 1 aliphatic rings. The molecule has 2 aromatic carbocycles. The summed E-state index contributed by atoms with van der Waals surface area (Å²) >= 11 is 0.981. The second kappa shape index (κ2) is 9.09. The van der Waals surface area contributed by atoms with Gasteiger partial charge < -0.3 is 9.30 Å². The van der Waals surface area contributed by atoms with Crippen molar-refractivity contribution in [2.75, 3.05) is 13.2 Å². The maximum absolute atomic E-state index is 12.9. The lowest BCUT2D eigenvalue weighted by molar-refractivity contribution is -0.123. The first kappa shape index (κ1) is 22.0. The summed E-state index contributed by atoms with van der Waals surface area (Å²) in [6.45, 7) is 8.60. The third-order valence-corrected chi connectivity index (χ3v) is 6.40. The standard InChI is InChI=1S/C26H26N2O3S/c1-17-8-10-22(11-9-17)28-19(3)15-21(20(28)4)16-24-25(29)27(26(30)32-24)12-13-31-23-7-5-6-18(2)14-23/h5-11,14-16H,12-13H2,1-4H3/b24-16-. The molecule has 0 unspecified atom stereocenters. The molecule has 1 fully saturated rings. The Morgan fingerprint density at radius 3 is 2.41 bits per heavy atom. The molecule has 4 rings (SSSR count). The molecule has 0 N–H and O–H groups in total. The lowest BCUT2D eigenvalue weighted by Crippen LogP contribution is -2.32. The molecule has 5 nitrogen and oxygen atoms in total. The average molecular weight is 447 g/mol. The van der Waals surface area contributed by atoms with Crippen LogP contribution in [0.3, 0.4) is 0 Å². The van der Waals surface area contributed by atoms with E-state index >= 15 is 0 Å². The van der Waals surface area contributed by atoms with Crippen LogP contribution in [0.25, 0.3) is 11.8 Å². The number of imide groups is 1. The van der Waals surface area contributed by atoms with E-state index in [4.69, 9.17) is 4.74 Å². The Morgan fingerprint density at radius 1 is 0.938 bits per heavy atom. The van der Waals surface area contributed by atoms with Crippen molar-refractivity contribution in [1.29, 1.82) is 0 Å². The minimum Gasteiger partial charge on any atom is -0.492 e. The zero-order valence-electron chi connectivity index (χ0n) is 18.7. The molecule has 0 atom stereocenters.